The fourth-order valence-corrected chi connectivity index (χ4v) is 3.73. The molecule has 4 rings (SSSR count). The number of hydrogen-bond acceptors (Lipinski definition) is 6. The van der Waals surface area contributed by atoms with E-state index >= 15 is 0 Å². The van der Waals surface area contributed by atoms with Gasteiger partial charge in [0.15, 0.2) is 0 Å². The van der Waals surface area contributed by atoms with Gasteiger partial charge in [-0.25, -0.2) is 4.98 Å². The fourth-order valence-electron chi connectivity index (χ4n) is 3.73. The fraction of sp³-hybridized carbons (Fsp3) is 0.476. The van der Waals surface area contributed by atoms with Crippen molar-refractivity contribution in [3.63, 3.8) is 0 Å². The highest BCUT2D eigenvalue weighted by molar-refractivity contribution is 5.93. The van der Waals surface area contributed by atoms with Gasteiger partial charge in [0.05, 0.1) is 18.2 Å². The van der Waals surface area contributed by atoms with Crippen LogP contribution >= 0.6 is 0 Å². The summed E-state index contributed by atoms with van der Waals surface area (Å²) >= 11 is 0. The van der Waals surface area contributed by atoms with Gasteiger partial charge in [-0.3, -0.25) is 9.78 Å². The molecule has 1 aromatic carbocycles. The van der Waals surface area contributed by atoms with Crippen LogP contribution in [0.5, 0.6) is 5.75 Å². The van der Waals surface area contributed by atoms with Gasteiger partial charge in [0.25, 0.3) is 0 Å². The maximum Gasteiger partial charge on any atom is 0.229 e. The first kappa shape index (κ1) is 18.7. The average molecular weight is 382 g/mol. The van der Waals surface area contributed by atoms with Gasteiger partial charge in [0, 0.05) is 43.8 Å². The highest BCUT2D eigenvalue weighted by atomic mass is 16.5. The third kappa shape index (κ3) is 4.78. The van der Waals surface area contributed by atoms with Gasteiger partial charge in [-0.15, -0.1) is 0 Å². The topological polar surface area (TPSA) is 76.6 Å². The van der Waals surface area contributed by atoms with Crippen LogP contribution in [0, 0.1) is 5.92 Å². The lowest BCUT2D eigenvalue weighted by atomic mass is 9.97. The molecule has 2 atom stereocenters. The van der Waals surface area contributed by atoms with Crippen molar-refractivity contribution >= 4 is 17.4 Å². The van der Waals surface area contributed by atoms with Crippen molar-refractivity contribution in [2.24, 2.45) is 5.92 Å². The van der Waals surface area contributed by atoms with Gasteiger partial charge in [0.1, 0.15) is 18.2 Å². The molecular weight excluding hydrogens is 356 g/mol. The minimum Gasteiger partial charge on any atom is -0.491 e. The zero-order chi connectivity index (χ0) is 19.2. The van der Waals surface area contributed by atoms with Crippen LogP contribution in [0.2, 0.25) is 0 Å². The summed E-state index contributed by atoms with van der Waals surface area (Å²) in [5, 5.41) is 3.04. The second-order valence-corrected chi connectivity index (χ2v) is 7.31. The Morgan fingerprint density at radius 3 is 3.07 bits per heavy atom. The Labute approximate surface area is 165 Å². The number of piperidine rings is 1. The Bertz CT molecular complexity index is 780. The summed E-state index contributed by atoms with van der Waals surface area (Å²) in [7, 11) is 0. The summed E-state index contributed by atoms with van der Waals surface area (Å²) in [5.41, 5.74) is 0.756. The molecule has 2 aliphatic rings. The molecule has 28 heavy (non-hydrogen) atoms. The van der Waals surface area contributed by atoms with Crippen LogP contribution in [0.25, 0.3) is 0 Å². The lowest BCUT2D eigenvalue weighted by molar-refractivity contribution is -0.120. The smallest absolute Gasteiger partial charge is 0.229 e. The van der Waals surface area contributed by atoms with Crippen molar-refractivity contribution in [2.45, 2.75) is 31.8 Å². The second-order valence-electron chi connectivity index (χ2n) is 7.31. The molecule has 0 bridgehead atoms. The Kier molecular flexibility index (Phi) is 6.01. The van der Waals surface area contributed by atoms with Gasteiger partial charge >= 0.3 is 0 Å². The zero-order valence-electron chi connectivity index (χ0n) is 15.9. The van der Waals surface area contributed by atoms with Crippen LogP contribution in [0.15, 0.2) is 42.9 Å². The van der Waals surface area contributed by atoms with E-state index in [0.29, 0.717) is 13.2 Å². The lowest BCUT2D eigenvalue weighted by Gasteiger charge is -2.32. The van der Waals surface area contributed by atoms with Crippen LogP contribution in [-0.4, -0.2) is 48.3 Å². The largest absolute Gasteiger partial charge is 0.491 e. The number of rotatable bonds is 6. The van der Waals surface area contributed by atoms with Crippen molar-refractivity contribution in [3.05, 3.63) is 42.9 Å². The molecule has 7 nitrogen and oxygen atoms in total. The summed E-state index contributed by atoms with van der Waals surface area (Å²) < 4.78 is 11.4. The van der Waals surface area contributed by atoms with E-state index in [9.17, 15) is 4.79 Å². The first-order valence-corrected chi connectivity index (χ1v) is 9.94. The van der Waals surface area contributed by atoms with Gasteiger partial charge < -0.3 is 19.7 Å². The lowest BCUT2D eigenvalue weighted by Crippen LogP contribution is -2.41. The molecule has 2 fully saturated rings. The number of carbonyl (C=O) groups is 1. The molecule has 7 heteroatoms. The Hall–Kier alpha value is -2.67. The highest BCUT2D eigenvalue weighted by Gasteiger charge is 2.26. The summed E-state index contributed by atoms with van der Waals surface area (Å²) in [6, 6.07) is 7.56. The van der Waals surface area contributed by atoms with Gasteiger partial charge in [-0.05, 0) is 37.8 Å². The maximum absolute atomic E-state index is 12.8. The molecule has 0 spiro atoms. The molecule has 2 aromatic rings. The molecule has 1 amide bonds. The average Bonchev–Trinajstić information content (AvgIpc) is 3.27. The zero-order valence-corrected chi connectivity index (χ0v) is 15.9. The summed E-state index contributed by atoms with van der Waals surface area (Å²) in [5.74, 6) is 1.53. The van der Waals surface area contributed by atoms with E-state index in [1.165, 1.54) is 0 Å². The van der Waals surface area contributed by atoms with Crippen LogP contribution in [-0.2, 0) is 9.53 Å². The van der Waals surface area contributed by atoms with Crippen molar-refractivity contribution in [1.29, 1.82) is 0 Å². The number of aromatic nitrogens is 2. The molecule has 0 unspecified atom stereocenters. The van der Waals surface area contributed by atoms with E-state index in [4.69, 9.17) is 9.47 Å². The molecule has 1 N–H and O–H groups in total. The van der Waals surface area contributed by atoms with E-state index in [0.717, 1.165) is 56.1 Å². The summed E-state index contributed by atoms with van der Waals surface area (Å²) in [4.78, 5) is 23.4. The van der Waals surface area contributed by atoms with Gasteiger partial charge in [-0.1, -0.05) is 6.07 Å². The third-order valence-corrected chi connectivity index (χ3v) is 5.23. The molecule has 2 aliphatic heterocycles. The molecular formula is C21H26N4O3. The van der Waals surface area contributed by atoms with Crippen molar-refractivity contribution in [1.82, 2.24) is 9.97 Å². The van der Waals surface area contributed by atoms with Crippen LogP contribution in [0.1, 0.15) is 25.7 Å². The number of nitrogens with zero attached hydrogens (tertiary/aromatic N) is 3. The number of hydrogen-bond donors (Lipinski definition) is 1. The molecule has 3 heterocycles. The number of anilines is 2. The van der Waals surface area contributed by atoms with Crippen LogP contribution in [0.4, 0.5) is 11.5 Å². The molecule has 0 aliphatic carbocycles. The Balaban J connectivity index is 1.33. The van der Waals surface area contributed by atoms with Crippen molar-refractivity contribution in [3.8, 4) is 5.75 Å². The minimum atomic E-state index is -0.0766. The number of amides is 1. The minimum absolute atomic E-state index is 0.0323. The molecule has 2 saturated heterocycles. The van der Waals surface area contributed by atoms with Gasteiger partial charge in [-0.2, -0.15) is 0 Å². The highest BCUT2D eigenvalue weighted by Crippen LogP contribution is 2.24. The van der Waals surface area contributed by atoms with E-state index < -0.39 is 0 Å². The number of nitrogens with one attached hydrogen (secondary N) is 1. The predicted molar refractivity (Wildman–Crippen MR) is 107 cm³/mol. The Morgan fingerprint density at radius 1 is 1.29 bits per heavy atom. The standard InChI is InChI=1S/C21H26N4O3/c26-21(16-4-2-10-25(14-16)20-13-22-8-9-23-20)24-17-5-1-6-18(12-17)28-15-19-7-3-11-27-19/h1,5-6,8-9,12-13,16,19H,2-4,7,10-11,14-15H2,(H,24,26)/t16-,19-/m1/s1. The second kappa shape index (κ2) is 9.01. The molecule has 148 valence electrons. The van der Waals surface area contributed by atoms with E-state index in [1.807, 2.05) is 24.3 Å². The first-order valence-electron chi connectivity index (χ1n) is 9.94. The summed E-state index contributed by atoms with van der Waals surface area (Å²) in [6.45, 7) is 2.92. The quantitative estimate of drug-likeness (QED) is 0.828. The number of carbonyl (C=O) groups excluding carboxylic acids is 1. The third-order valence-electron chi connectivity index (χ3n) is 5.23. The van der Waals surface area contributed by atoms with E-state index in [2.05, 4.69) is 20.2 Å². The van der Waals surface area contributed by atoms with E-state index in [-0.39, 0.29) is 17.9 Å². The van der Waals surface area contributed by atoms with Crippen molar-refractivity contribution in [2.75, 3.05) is 36.5 Å². The molecule has 0 radical (unpaired) electrons. The van der Waals surface area contributed by atoms with Crippen LogP contribution in [0.3, 0.4) is 0 Å². The van der Waals surface area contributed by atoms with Crippen molar-refractivity contribution < 1.29 is 14.3 Å². The Morgan fingerprint density at radius 2 is 2.25 bits per heavy atom. The predicted octanol–water partition coefficient (Wildman–Crippen LogP) is 2.89. The maximum atomic E-state index is 12.8. The number of ether oxygens (including phenoxy) is 2. The first-order chi connectivity index (χ1) is 13.8. The normalized spacial score (nSPS) is 22.1. The number of benzene rings is 1. The SMILES string of the molecule is O=C(Nc1cccc(OC[C@H]2CCCO2)c1)[C@@H]1CCCN(c2cnccn2)C1. The van der Waals surface area contributed by atoms with Crippen LogP contribution < -0.4 is 15.0 Å². The molecule has 1 aromatic heterocycles. The monoisotopic (exact) mass is 382 g/mol. The van der Waals surface area contributed by atoms with E-state index in [1.54, 1.807) is 18.6 Å². The summed E-state index contributed by atoms with van der Waals surface area (Å²) in [6.07, 6.45) is 9.23. The molecule has 0 saturated carbocycles. The van der Waals surface area contributed by atoms with Gasteiger partial charge in [0.2, 0.25) is 5.91 Å².